The van der Waals surface area contributed by atoms with Gasteiger partial charge in [-0.1, -0.05) is 0 Å². The Labute approximate surface area is 97.7 Å². The van der Waals surface area contributed by atoms with E-state index in [4.69, 9.17) is 5.73 Å². The molecular weight excluding hydrogens is 227 g/mol. The molecule has 1 atom stereocenters. The van der Waals surface area contributed by atoms with Crippen LogP contribution in [0.5, 0.6) is 0 Å². The third-order valence-electron chi connectivity index (χ3n) is 2.05. The molecule has 17 heavy (non-hydrogen) atoms. The number of hydrogen-bond donors (Lipinski definition) is 2. The van der Waals surface area contributed by atoms with Gasteiger partial charge in [-0.2, -0.15) is 0 Å². The van der Waals surface area contributed by atoms with Gasteiger partial charge in [0.25, 0.3) is 0 Å². The molecule has 0 fully saturated rings. The summed E-state index contributed by atoms with van der Waals surface area (Å²) >= 11 is 0. The molecule has 0 aliphatic rings. The summed E-state index contributed by atoms with van der Waals surface area (Å²) in [5.41, 5.74) is 5.41. The van der Waals surface area contributed by atoms with Crippen molar-refractivity contribution in [3.8, 4) is 0 Å². The average Bonchev–Trinajstić information content (AvgIpc) is 2.30. The first kappa shape index (κ1) is 13.1. The van der Waals surface area contributed by atoms with E-state index in [1.165, 1.54) is 19.1 Å². The van der Waals surface area contributed by atoms with Crippen molar-refractivity contribution in [2.45, 2.75) is 13.0 Å². The van der Waals surface area contributed by atoms with E-state index >= 15 is 0 Å². The Kier molecular flexibility index (Phi) is 4.17. The highest BCUT2D eigenvalue weighted by molar-refractivity contribution is 5.96. The topological polar surface area (TPSA) is 81.4 Å². The zero-order valence-corrected chi connectivity index (χ0v) is 9.49. The van der Waals surface area contributed by atoms with Crippen LogP contribution in [-0.2, 0) is 9.53 Å². The van der Waals surface area contributed by atoms with Gasteiger partial charge >= 0.3 is 5.97 Å². The van der Waals surface area contributed by atoms with Crippen molar-refractivity contribution in [2.24, 2.45) is 5.73 Å². The molecule has 0 saturated carbocycles. The maximum absolute atomic E-state index is 13.3. The zero-order chi connectivity index (χ0) is 13.0. The SMILES string of the molecule is COC(=O)c1cc(NC(=O)C(C)N)ccc1F. The molecule has 3 N–H and O–H groups in total. The number of amides is 1. The van der Waals surface area contributed by atoms with Gasteiger partial charge in [0.2, 0.25) is 5.91 Å². The lowest BCUT2D eigenvalue weighted by atomic mass is 10.2. The maximum atomic E-state index is 13.3. The predicted octanol–water partition coefficient (Wildman–Crippen LogP) is 0.898. The second-order valence-corrected chi connectivity index (χ2v) is 3.46. The van der Waals surface area contributed by atoms with E-state index in [0.29, 0.717) is 0 Å². The quantitative estimate of drug-likeness (QED) is 0.769. The van der Waals surface area contributed by atoms with Crippen LogP contribution >= 0.6 is 0 Å². The van der Waals surface area contributed by atoms with Crippen LogP contribution in [0.2, 0.25) is 0 Å². The van der Waals surface area contributed by atoms with Crippen LogP contribution < -0.4 is 11.1 Å². The first-order chi connectivity index (χ1) is 7.95. The molecule has 0 radical (unpaired) electrons. The van der Waals surface area contributed by atoms with E-state index in [2.05, 4.69) is 10.1 Å². The molecule has 92 valence electrons. The van der Waals surface area contributed by atoms with Crippen molar-refractivity contribution >= 4 is 17.6 Å². The molecule has 1 aromatic rings. The molecular formula is C11H13FN2O3. The Morgan fingerprint density at radius 2 is 2.12 bits per heavy atom. The number of hydrogen-bond acceptors (Lipinski definition) is 4. The van der Waals surface area contributed by atoms with E-state index in [1.54, 1.807) is 0 Å². The average molecular weight is 240 g/mol. The molecule has 0 spiro atoms. The van der Waals surface area contributed by atoms with Crippen molar-refractivity contribution in [3.63, 3.8) is 0 Å². The normalized spacial score (nSPS) is 11.8. The third-order valence-corrected chi connectivity index (χ3v) is 2.05. The molecule has 0 bridgehead atoms. The third kappa shape index (κ3) is 3.25. The maximum Gasteiger partial charge on any atom is 0.340 e. The highest BCUT2D eigenvalue weighted by Gasteiger charge is 2.14. The molecule has 5 nitrogen and oxygen atoms in total. The highest BCUT2D eigenvalue weighted by Crippen LogP contribution is 2.15. The molecule has 0 aliphatic heterocycles. The standard InChI is InChI=1S/C11H13FN2O3/c1-6(13)10(15)14-7-3-4-9(12)8(5-7)11(16)17-2/h3-6H,13H2,1-2H3,(H,14,15). The van der Waals surface area contributed by atoms with Gasteiger partial charge in [-0.15, -0.1) is 0 Å². The summed E-state index contributed by atoms with van der Waals surface area (Å²) in [4.78, 5) is 22.5. The number of rotatable bonds is 3. The van der Waals surface area contributed by atoms with Crippen molar-refractivity contribution in [1.82, 2.24) is 0 Å². The number of esters is 1. The monoisotopic (exact) mass is 240 g/mol. The van der Waals surface area contributed by atoms with Crippen LogP contribution in [0.1, 0.15) is 17.3 Å². The summed E-state index contributed by atoms with van der Waals surface area (Å²) in [5.74, 6) is -1.94. The molecule has 1 aromatic carbocycles. The Bertz CT molecular complexity index is 446. The number of methoxy groups -OCH3 is 1. The minimum absolute atomic E-state index is 0.241. The first-order valence-corrected chi connectivity index (χ1v) is 4.90. The van der Waals surface area contributed by atoms with Gasteiger partial charge in [-0.25, -0.2) is 9.18 Å². The first-order valence-electron chi connectivity index (χ1n) is 4.90. The molecule has 0 saturated heterocycles. The number of nitrogens with one attached hydrogen (secondary N) is 1. The Hall–Kier alpha value is -1.95. The summed E-state index contributed by atoms with van der Waals surface area (Å²) in [6.07, 6.45) is 0. The predicted molar refractivity (Wildman–Crippen MR) is 60.0 cm³/mol. The van der Waals surface area contributed by atoms with E-state index in [0.717, 1.165) is 13.2 Å². The Morgan fingerprint density at radius 1 is 1.47 bits per heavy atom. The van der Waals surface area contributed by atoms with Crippen molar-refractivity contribution < 1.29 is 18.7 Å². The van der Waals surface area contributed by atoms with Crippen molar-refractivity contribution in [2.75, 3.05) is 12.4 Å². The molecule has 6 heteroatoms. The number of halogens is 1. The largest absolute Gasteiger partial charge is 0.465 e. The smallest absolute Gasteiger partial charge is 0.340 e. The number of benzene rings is 1. The van der Waals surface area contributed by atoms with Crippen LogP contribution in [0.25, 0.3) is 0 Å². The van der Waals surface area contributed by atoms with E-state index in [9.17, 15) is 14.0 Å². The summed E-state index contributed by atoms with van der Waals surface area (Å²) < 4.78 is 17.7. The molecule has 0 heterocycles. The lowest BCUT2D eigenvalue weighted by Gasteiger charge is -2.09. The molecule has 1 amide bonds. The fourth-order valence-electron chi connectivity index (χ4n) is 1.13. The number of nitrogens with two attached hydrogens (primary N) is 1. The summed E-state index contributed by atoms with van der Waals surface area (Å²) in [7, 11) is 1.15. The van der Waals surface area contributed by atoms with Gasteiger partial charge in [-0.3, -0.25) is 4.79 Å². The van der Waals surface area contributed by atoms with Crippen LogP contribution in [0.4, 0.5) is 10.1 Å². The lowest BCUT2D eigenvalue weighted by molar-refractivity contribution is -0.117. The second kappa shape index (κ2) is 5.40. The molecule has 0 aliphatic carbocycles. The number of anilines is 1. The highest BCUT2D eigenvalue weighted by atomic mass is 19.1. The summed E-state index contributed by atoms with van der Waals surface area (Å²) in [5, 5.41) is 2.45. The fourth-order valence-corrected chi connectivity index (χ4v) is 1.13. The lowest BCUT2D eigenvalue weighted by Crippen LogP contribution is -2.32. The summed E-state index contributed by atoms with van der Waals surface area (Å²) in [6.45, 7) is 1.51. The minimum Gasteiger partial charge on any atom is -0.465 e. The van der Waals surface area contributed by atoms with E-state index in [-0.39, 0.29) is 11.3 Å². The number of ether oxygens (including phenoxy) is 1. The van der Waals surface area contributed by atoms with E-state index in [1.807, 2.05) is 0 Å². The van der Waals surface area contributed by atoms with Gasteiger partial charge < -0.3 is 15.8 Å². The molecule has 0 aromatic heterocycles. The van der Waals surface area contributed by atoms with E-state index < -0.39 is 23.7 Å². The number of carbonyl (C=O) groups is 2. The van der Waals surface area contributed by atoms with Gasteiger partial charge in [0.05, 0.1) is 18.7 Å². The number of carbonyl (C=O) groups excluding carboxylic acids is 2. The minimum atomic E-state index is -0.806. The summed E-state index contributed by atoms with van der Waals surface area (Å²) in [6, 6.07) is 2.91. The Morgan fingerprint density at radius 3 is 2.65 bits per heavy atom. The molecule has 1 rings (SSSR count). The van der Waals surface area contributed by atoms with Crippen LogP contribution in [0.15, 0.2) is 18.2 Å². The fraction of sp³-hybridized carbons (Fsp3) is 0.273. The zero-order valence-electron chi connectivity index (χ0n) is 9.49. The van der Waals surface area contributed by atoms with Crippen LogP contribution in [0, 0.1) is 5.82 Å². The van der Waals surface area contributed by atoms with Crippen LogP contribution in [0.3, 0.4) is 0 Å². The van der Waals surface area contributed by atoms with Gasteiger partial charge in [-0.05, 0) is 25.1 Å². The Balaban J connectivity index is 2.97. The van der Waals surface area contributed by atoms with Gasteiger partial charge in [0.1, 0.15) is 5.82 Å². The van der Waals surface area contributed by atoms with Gasteiger partial charge in [0, 0.05) is 5.69 Å². The van der Waals surface area contributed by atoms with Crippen molar-refractivity contribution in [3.05, 3.63) is 29.6 Å². The molecule has 1 unspecified atom stereocenters. The van der Waals surface area contributed by atoms with Gasteiger partial charge in [0.15, 0.2) is 0 Å². The van der Waals surface area contributed by atoms with Crippen molar-refractivity contribution in [1.29, 1.82) is 0 Å². The second-order valence-electron chi connectivity index (χ2n) is 3.46. The van der Waals surface area contributed by atoms with Crippen LogP contribution in [-0.4, -0.2) is 25.0 Å².